The fourth-order valence-electron chi connectivity index (χ4n) is 2.17. The maximum Gasteiger partial charge on any atom is 0.258 e. The predicted octanol–water partition coefficient (Wildman–Crippen LogP) is 1.61. The maximum atomic E-state index is 12.2. The second-order valence-corrected chi connectivity index (χ2v) is 7.08. The highest BCUT2D eigenvalue weighted by molar-refractivity contribution is 7.91. The largest absolute Gasteiger partial charge is 0.302 e. The van der Waals surface area contributed by atoms with Crippen LogP contribution in [-0.4, -0.2) is 30.4 Å². The van der Waals surface area contributed by atoms with Gasteiger partial charge in [0.1, 0.15) is 5.69 Å². The second-order valence-electron chi connectivity index (χ2n) is 4.63. The summed E-state index contributed by atoms with van der Waals surface area (Å²) >= 11 is 6.17. The molecule has 0 bridgehead atoms. The van der Waals surface area contributed by atoms with E-state index >= 15 is 0 Å². The van der Waals surface area contributed by atoms with Crippen molar-refractivity contribution in [1.82, 2.24) is 10.3 Å². The molecule has 0 atom stereocenters. The molecule has 0 radical (unpaired) electrons. The minimum atomic E-state index is -3.28. The van der Waals surface area contributed by atoms with E-state index in [0.717, 1.165) is 0 Å². The number of hydrogen-bond donors (Lipinski definition) is 1. The molecule has 0 saturated carbocycles. The van der Waals surface area contributed by atoms with E-state index < -0.39 is 15.7 Å². The first kappa shape index (κ1) is 14.0. The number of aryl methyl sites for hydroxylation is 1. The predicted molar refractivity (Wildman–Crippen MR) is 74.2 cm³/mol. The van der Waals surface area contributed by atoms with Crippen LogP contribution in [0.25, 0.3) is 0 Å². The van der Waals surface area contributed by atoms with Gasteiger partial charge < -0.3 is 5.32 Å². The Kier molecular flexibility index (Phi) is 3.22. The van der Waals surface area contributed by atoms with E-state index in [1.54, 1.807) is 6.92 Å². The number of benzene rings is 1. The van der Waals surface area contributed by atoms with E-state index in [9.17, 15) is 13.2 Å². The first-order valence-corrected chi connectivity index (χ1v) is 8.08. The van der Waals surface area contributed by atoms with E-state index in [1.807, 2.05) is 0 Å². The molecule has 7 nitrogen and oxygen atoms in total. The van der Waals surface area contributed by atoms with Crippen LogP contribution in [0.2, 0.25) is 5.02 Å². The average Bonchev–Trinajstić information content (AvgIpc) is 2.95. The van der Waals surface area contributed by atoms with Gasteiger partial charge in [0.2, 0.25) is 5.82 Å². The molecular weight excluding hydrogens is 318 g/mol. The molecule has 1 aromatic carbocycles. The van der Waals surface area contributed by atoms with E-state index in [-0.39, 0.29) is 27.1 Å². The minimum absolute atomic E-state index is 0.0133. The van der Waals surface area contributed by atoms with Crippen LogP contribution in [0.5, 0.6) is 0 Å². The number of fused-ring (bicyclic) bond motifs is 1. The van der Waals surface area contributed by atoms with Crippen LogP contribution in [-0.2, 0) is 16.3 Å². The number of nitrogens with zero attached hydrogens (tertiary/aromatic N) is 2. The van der Waals surface area contributed by atoms with Gasteiger partial charge in [-0.2, -0.15) is 0 Å². The Morgan fingerprint density at radius 3 is 2.81 bits per heavy atom. The summed E-state index contributed by atoms with van der Waals surface area (Å²) in [5, 5.41) is 9.77. The lowest BCUT2D eigenvalue weighted by Crippen LogP contribution is -2.14. The molecule has 0 fully saturated rings. The first-order valence-electron chi connectivity index (χ1n) is 6.05. The highest BCUT2D eigenvalue weighted by Crippen LogP contribution is 2.34. The van der Waals surface area contributed by atoms with Crippen LogP contribution in [0.4, 0.5) is 5.82 Å². The van der Waals surface area contributed by atoms with Crippen LogP contribution < -0.4 is 5.32 Å². The van der Waals surface area contributed by atoms with Gasteiger partial charge in [-0.15, -0.1) is 0 Å². The smallest absolute Gasteiger partial charge is 0.258 e. The number of nitrogens with one attached hydrogen (secondary N) is 1. The number of hydrogen-bond acceptors (Lipinski definition) is 6. The third-order valence-corrected chi connectivity index (χ3v) is 5.51. The molecule has 110 valence electrons. The molecule has 0 unspecified atom stereocenters. The molecule has 0 saturated heterocycles. The van der Waals surface area contributed by atoms with Crippen molar-refractivity contribution in [2.45, 2.75) is 18.2 Å². The zero-order valence-electron chi connectivity index (χ0n) is 10.9. The quantitative estimate of drug-likeness (QED) is 0.899. The van der Waals surface area contributed by atoms with Gasteiger partial charge in [-0.1, -0.05) is 16.8 Å². The number of aromatic nitrogens is 2. The van der Waals surface area contributed by atoms with Crippen molar-refractivity contribution in [2.24, 2.45) is 0 Å². The van der Waals surface area contributed by atoms with Crippen LogP contribution >= 0.6 is 11.6 Å². The number of amides is 1. The Labute approximate surface area is 125 Å². The van der Waals surface area contributed by atoms with Gasteiger partial charge in [-0.3, -0.25) is 4.79 Å². The average molecular weight is 328 g/mol. The summed E-state index contributed by atoms with van der Waals surface area (Å²) in [7, 11) is -3.28. The highest BCUT2D eigenvalue weighted by atomic mass is 35.5. The Bertz CT molecular complexity index is 844. The number of sulfone groups is 1. The molecule has 9 heteroatoms. The fourth-order valence-corrected chi connectivity index (χ4v) is 4.12. The normalized spacial score (nSPS) is 15.7. The zero-order valence-corrected chi connectivity index (χ0v) is 12.5. The van der Waals surface area contributed by atoms with E-state index in [2.05, 4.69) is 20.3 Å². The highest BCUT2D eigenvalue weighted by Gasteiger charge is 2.30. The van der Waals surface area contributed by atoms with E-state index in [0.29, 0.717) is 17.7 Å². The van der Waals surface area contributed by atoms with Crippen LogP contribution in [0.3, 0.4) is 0 Å². The Morgan fingerprint density at radius 1 is 1.38 bits per heavy atom. The molecule has 0 aliphatic carbocycles. The molecule has 2 heterocycles. The molecule has 2 aromatic rings. The molecule has 1 aromatic heterocycles. The Morgan fingerprint density at radius 2 is 2.14 bits per heavy atom. The van der Waals surface area contributed by atoms with Crippen molar-refractivity contribution in [3.8, 4) is 0 Å². The molecule has 21 heavy (non-hydrogen) atoms. The zero-order chi connectivity index (χ0) is 15.2. The summed E-state index contributed by atoms with van der Waals surface area (Å²) in [5.74, 6) is -0.283. The molecule has 1 N–H and O–H groups in total. The van der Waals surface area contributed by atoms with Crippen molar-refractivity contribution in [1.29, 1.82) is 0 Å². The summed E-state index contributed by atoms with van der Waals surface area (Å²) < 4.78 is 28.1. The number of halogens is 1. The van der Waals surface area contributed by atoms with Gasteiger partial charge in [0, 0.05) is 0 Å². The van der Waals surface area contributed by atoms with Crippen molar-refractivity contribution in [2.75, 3.05) is 11.1 Å². The summed E-state index contributed by atoms with van der Waals surface area (Å²) in [4.78, 5) is 12.4. The van der Waals surface area contributed by atoms with Crippen LogP contribution in [0, 0.1) is 6.92 Å². The number of anilines is 1. The molecule has 1 aliphatic rings. The molecule has 1 aliphatic heterocycles. The summed E-state index contributed by atoms with van der Waals surface area (Å²) in [6, 6.07) is 2.80. The van der Waals surface area contributed by atoms with E-state index in [1.165, 1.54) is 12.1 Å². The van der Waals surface area contributed by atoms with Gasteiger partial charge in [0.25, 0.3) is 5.91 Å². The number of carbonyl (C=O) groups is 1. The minimum Gasteiger partial charge on any atom is -0.302 e. The van der Waals surface area contributed by atoms with Crippen molar-refractivity contribution in [3.63, 3.8) is 0 Å². The Hall–Kier alpha value is -1.93. The maximum absolute atomic E-state index is 12.2. The molecule has 3 rings (SSSR count). The van der Waals surface area contributed by atoms with Crippen LogP contribution in [0.1, 0.15) is 21.6 Å². The lowest BCUT2D eigenvalue weighted by Gasteiger charge is -2.08. The van der Waals surface area contributed by atoms with Gasteiger partial charge in [0.05, 0.1) is 21.2 Å². The lowest BCUT2D eigenvalue weighted by atomic mass is 10.1. The van der Waals surface area contributed by atoms with E-state index in [4.69, 9.17) is 11.6 Å². The van der Waals surface area contributed by atoms with Gasteiger partial charge in [-0.25, -0.2) is 13.0 Å². The summed E-state index contributed by atoms with van der Waals surface area (Å²) in [6.45, 7) is 1.63. The topological polar surface area (TPSA) is 102 Å². The molecule has 0 spiro atoms. The molecule has 1 amide bonds. The first-order chi connectivity index (χ1) is 9.90. The van der Waals surface area contributed by atoms with Gasteiger partial charge in [-0.05, 0) is 36.2 Å². The third kappa shape index (κ3) is 2.30. The van der Waals surface area contributed by atoms with Gasteiger partial charge >= 0.3 is 0 Å². The van der Waals surface area contributed by atoms with Crippen molar-refractivity contribution >= 4 is 33.2 Å². The molecular formula is C12H10ClN3O4S. The monoisotopic (exact) mass is 327 g/mol. The van der Waals surface area contributed by atoms with Crippen molar-refractivity contribution in [3.05, 3.63) is 34.0 Å². The Balaban J connectivity index is 1.98. The number of rotatable bonds is 2. The summed E-state index contributed by atoms with van der Waals surface area (Å²) in [5.41, 5.74) is 1.11. The van der Waals surface area contributed by atoms with Crippen molar-refractivity contribution < 1.29 is 17.8 Å². The fraction of sp³-hybridized carbons (Fsp3) is 0.250. The number of carbonyl (C=O) groups excluding carboxylic acids is 1. The lowest BCUT2D eigenvalue weighted by molar-refractivity contribution is 0.102. The standard InChI is InChI=1S/C12H10ClN3O4S/c1-6-11(16-20-15-6)14-12(17)8-2-3-9-7(10(8)13)4-5-21(9,18)19/h2-3H,4-5H2,1H3,(H,14,16,17). The second kappa shape index (κ2) is 4.81. The summed E-state index contributed by atoms with van der Waals surface area (Å²) in [6.07, 6.45) is 0.308. The SMILES string of the molecule is Cc1nonc1NC(=O)c1ccc2c(c1Cl)CCS2(=O)=O. The third-order valence-electron chi connectivity index (χ3n) is 3.29. The van der Waals surface area contributed by atoms with Gasteiger partial charge in [0.15, 0.2) is 9.84 Å². The van der Waals surface area contributed by atoms with Crippen LogP contribution in [0.15, 0.2) is 21.7 Å².